The summed E-state index contributed by atoms with van der Waals surface area (Å²) < 4.78 is 61.1. The molecule has 1 aliphatic rings. The van der Waals surface area contributed by atoms with Gasteiger partial charge in [-0.1, -0.05) is 36.4 Å². The fourth-order valence-electron chi connectivity index (χ4n) is 5.05. The first kappa shape index (κ1) is 28.9. The van der Waals surface area contributed by atoms with Gasteiger partial charge in [-0.3, -0.25) is 14.5 Å². The van der Waals surface area contributed by atoms with E-state index in [1.807, 2.05) is 24.3 Å². The number of rotatable bonds is 8. The van der Waals surface area contributed by atoms with Crippen molar-refractivity contribution in [3.8, 4) is 22.9 Å². The van der Waals surface area contributed by atoms with Gasteiger partial charge >= 0.3 is 12.9 Å². The van der Waals surface area contributed by atoms with E-state index in [4.69, 9.17) is 8.83 Å². The first-order valence-electron chi connectivity index (χ1n) is 13.4. The van der Waals surface area contributed by atoms with Gasteiger partial charge in [0, 0.05) is 16.7 Å². The van der Waals surface area contributed by atoms with Crippen LogP contribution >= 0.6 is 0 Å². The van der Waals surface area contributed by atoms with E-state index >= 15 is 0 Å². The summed E-state index contributed by atoms with van der Waals surface area (Å²) in [6, 6.07) is 18.9. The van der Waals surface area contributed by atoms with Crippen LogP contribution in [0.15, 0.2) is 75.6 Å². The predicted molar refractivity (Wildman–Crippen MR) is 147 cm³/mol. The van der Waals surface area contributed by atoms with Gasteiger partial charge in [-0.25, -0.2) is 0 Å². The van der Waals surface area contributed by atoms with Crippen molar-refractivity contribution in [2.45, 2.75) is 45.1 Å². The minimum Gasteiger partial charge on any atom is -0.415 e. The van der Waals surface area contributed by atoms with Gasteiger partial charge in [0.15, 0.2) is 0 Å². The molecule has 224 valence electrons. The van der Waals surface area contributed by atoms with Crippen LogP contribution in [-0.2, 0) is 23.2 Å². The summed E-state index contributed by atoms with van der Waals surface area (Å²) in [4.78, 5) is 28.3. The molecule has 3 aromatic carbocycles. The molecule has 0 fully saturated rings. The SMILES string of the molecule is CC1(C)C(=O)N(Cc2ccc(-c3nnc(C(F)F)o3)cc2)C(=O)c2ccc(Cc3ccc(-c4nnc(C(F)F)o4)cc3)cc21. The molecule has 0 radical (unpaired) electrons. The number of alkyl halides is 4. The van der Waals surface area contributed by atoms with Crippen molar-refractivity contribution in [3.63, 3.8) is 0 Å². The van der Waals surface area contributed by atoms with Crippen LogP contribution in [0, 0.1) is 0 Å². The van der Waals surface area contributed by atoms with Crippen molar-refractivity contribution in [1.29, 1.82) is 0 Å². The lowest BCUT2D eigenvalue weighted by Gasteiger charge is -2.37. The summed E-state index contributed by atoms with van der Waals surface area (Å²) in [5, 5.41) is 14.0. The average molecular weight is 606 g/mol. The van der Waals surface area contributed by atoms with E-state index in [-0.39, 0.29) is 24.2 Å². The molecular weight excluding hydrogens is 582 g/mol. The largest absolute Gasteiger partial charge is 0.415 e. The van der Waals surface area contributed by atoms with Crippen LogP contribution in [0.2, 0.25) is 0 Å². The van der Waals surface area contributed by atoms with Gasteiger partial charge in [0.1, 0.15) is 0 Å². The highest BCUT2D eigenvalue weighted by Gasteiger charge is 2.44. The molecule has 1 aliphatic heterocycles. The van der Waals surface area contributed by atoms with E-state index in [2.05, 4.69) is 20.4 Å². The Balaban J connectivity index is 1.18. The smallest absolute Gasteiger partial charge is 0.314 e. The van der Waals surface area contributed by atoms with Gasteiger partial charge < -0.3 is 8.83 Å². The van der Waals surface area contributed by atoms with Gasteiger partial charge in [-0.15, -0.1) is 20.4 Å². The van der Waals surface area contributed by atoms with Crippen LogP contribution in [-0.4, -0.2) is 37.1 Å². The molecular formula is C31H23F4N5O4. The lowest BCUT2D eigenvalue weighted by atomic mass is 9.76. The highest BCUT2D eigenvalue weighted by molar-refractivity contribution is 6.12. The Hall–Kier alpha value is -5.20. The molecule has 0 bridgehead atoms. The minimum atomic E-state index is -2.88. The van der Waals surface area contributed by atoms with Crippen LogP contribution in [0.4, 0.5) is 17.6 Å². The number of carbonyl (C=O) groups is 2. The molecule has 13 heteroatoms. The summed E-state index contributed by atoms with van der Waals surface area (Å²) in [5.41, 5.74) is 3.39. The number of fused-ring (bicyclic) bond motifs is 1. The van der Waals surface area contributed by atoms with E-state index in [9.17, 15) is 27.2 Å². The Morgan fingerprint density at radius 2 is 1.20 bits per heavy atom. The maximum absolute atomic E-state index is 13.6. The number of benzene rings is 3. The molecule has 0 spiro atoms. The van der Waals surface area contributed by atoms with Crippen molar-refractivity contribution in [2.75, 3.05) is 0 Å². The molecule has 2 aromatic heterocycles. The molecule has 44 heavy (non-hydrogen) atoms. The van der Waals surface area contributed by atoms with Crippen molar-refractivity contribution in [1.82, 2.24) is 25.3 Å². The lowest BCUT2D eigenvalue weighted by Crippen LogP contribution is -2.51. The molecule has 0 atom stereocenters. The zero-order chi connectivity index (χ0) is 31.2. The highest BCUT2D eigenvalue weighted by atomic mass is 19.3. The summed E-state index contributed by atoms with van der Waals surface area (Å²) in [6.45, 7) is 3.55. The molecule has 9 nitrogen and oxygen atoms in total. The van der Waals surface area contributed by atoms with Crippen LogP contribution in [0.25, 0.3) is 22.9 Å². The third-order valence-electron chi connectivity index (χ3n) is 7.42. The number of hydrogen-bond donors (Lipinski definition) is 0. The summed E-state index contributed by atoms with van der Waals surface area (Å²) >= 11 is 0. The maximum atomic E-state index is 13.6. The quantitative estimate of drug-likeness (QED) is 0.142. The number of hydrogen-bond acceptors (Lipinski definition) is 8. The molecule has 0 saturated heterocycles. The van der Waals surface area contributed by atoms with Gasteiger partial charge in [-0.05, 0) is 72.9 Å². The van der Waals surface area contributed by atoms with E-state index in [1.54, 1.807) is 56.3 Å². The minimum absolute atomic E-state index is 0.00446. The van der Waals surface area contributed by atoms with Gasteiger partial charge in [0.05, 0.1) is 12.0 Å². The van der Waals surface area contributed by atoms with Crippen LogP contribution in [0.5, 0.6) is 0 Å². The molecule has 0 saturated carbocycles. The fourth-order valence-corrected chi connectivity index (χ4v) is 5.05. The summed E-state index contributed by atoms with van der Waals surface area (Å²) in [5.74, 6) is -2.37. The number of amides is 2. The zero-order valence-electron chi connectivity index (χ0n) is 23.3. The maximum Gasteiger partial charge on any atom is 0.314 e. The van der Waals surface area contributed by atoms with Crippen molar-refractivity contribution < 1.29 is 36.0 Å². The molecule has 5 aromatic rings. The van der Waals surface area contributed by atoms with Crippen LogP contribution in [0.3, 0.4) is 0 Å². The number of halogens is 4. The Bertz CT molecular complexity index is 1850. The zero-order valence-corrected chi connectivity index (χ0v) is 23.3. The predicted octanol–water partition coefficient (Wildman–Crippen LogP) is 6.71. The Kier molecular flexibility index (Phi) is 7.31. The standard InChI is InChI=1S/C31H23F4N5O4/c1-31(2)22-14-18(13-16-3-8-19(9-4-16)25-36-38-27(43-25)23(32)33)7-12-21(22)29(41)40(30(31)42)15-17-5-10-20(11-6-17)26-37-39-28(44-26)24(34)35/h3-12,14,23-24H,13,15H2,1-2H3. The number of aromatic nitrogens is 4. The molecule has 0 aliphatic carbocycles. The van der Waals surface area contributed by atoms with Gasteiger partial charge in [0.25, 0.3) is 17.7 Å². The Labute approximate surface area is 247 Å². The van der Waals surface area contributed by atoms with E-state index in [1.165, 1.54) is 4.90 Å². The second kappa shape index (κ2) is 11.1. The van der Waals surface area contributed by atoms with Gasteiger partial charge in [-0.2, -0.15) is 17.6 Å². The molecule has 2 amide bonds. The molecule has 3 heterocycles. The molecule has 0 N–H and O–H groups in total. The van der Waals surface area contributed by atoms with Crippen molar-refractivity contribution in [2.24, 2.45) is 0 Å². The van der Waals surface area contributed by atoms with E-state index in [0.717, 1.165) is 11.1 Å². The Morgan fingerprint density at radius 3 is 1.70 bits per heavy atom. The second-order valence-corrected chi connectivity index (χ2v) is 10.8. The number of imide groups is 1. The molecule has 0 unspecified atom stereocenters. The number of carbonyl (C=O) groups excluding carboxylic acids is 2. The van der Waals surface area contributed by atoms with Crippen molar-refractivity contribution in [3.05, 3.63) is 106 Å². The fraction of sp³-hybridized carbons (Fsp3) is 0.226. The first-order chi connectivity index (χ1) is 21.0. The molecule has 6 rings (SSSR count). The summed E-state index contributed by atoms with van der Waals surface area (Å²) in [7, 11) is 0. The monoisotopic (exact) mass is 605 g/mol. The third-order valence-corrected chi connectivity index (χ3v) is 7.42. The van der Waals surface area contributed by atoms with Crippen molar-refractivity contribution >= 4 is 11.8 Å². The van der Waals surface area contributed by atoms with E-state index < -0.39 is 36.0 Å². The average Bonchev–Trinajstić information content (AvgIpc) is 3.71. The first-order valence-corrected chi connectivity index (χ1v) is 13.4. The van der Waals surface area contributed by atoms with Crippen LogP contribution in [0.1, 0.15) is 71.1 Å². The Morgan fingerprint density at radius 1 is 0.705 bits per heavy atom. The second-order valence-electron chi connectivity index (χ2n) is 10.8. The summed E-state index contributed by atoms with van der Waals surface area (Å²) in [6.07, 6.45) is -5.23. The topological polar surface area (TPSA) is 115 Å². The van der Waals surface area contributed by atoms with Gasteiger partial charge in [0.2, 0.25) is 17.7 Å². The lowest BCUT2D eigenvalue weighted by molar-refractivity contribution is -0.134. The van der Waals surface area contributed by atoms with E-state index in [0.29, 0.717) is 34.2 Å². The van der Waals surface area contributed by atoms with Crippen LogP contribution < -0.4 is 0 Å². The third kappa shape index (κ3) is 5.36. The highest BCUT2D eigenvalue weighted by Crippen LogP contribution is 2.36. The normalized spacial score (nSPS) is 14.5. The number of nitrogens with zero attached hydrogens (tertiary/aromatic N) is 5.